The lowest BCUT2D eigenvalue weighted by molar-refractivity contribution is -0.117. The highest BCUT2D eigenvalue weighted by atomic mass is 35.5. The number of halogens is 2. The fourth-order valence-corrected chi connectivity index (χ4v) is 2.10. The van der Waals surface area contributed by atoms with Crippen LogP contribution < -0.4 is 0 Å². The number of hydrogen-bond donors (Lipinski definition) is 0. The van der Waals surface area contributed by atoms with Crippen LogP contribution >= 0.6 is 11.6 Å². The number of benzene rings is 1. The van der Waals surface area contributed by atoms with Crippen LogP contribution in [0.15, 0.2) is 18.2 Å². The van der Waals surface area contributed by atoms with Crippen molar-refractivity contribution in [1.29, 1.82) is 0 Å². The van der Waals surface area contributed by atoms with Crippen molar-refractivity contribution in [3.8, 4) is 0 Å². The van der Waals surface area contributed by atoms with Crippen molar-refractivity contribution in [2.75, 3.05) is 7.05 Å². The van der Waals surface area contributed by atoms with E-state index in [0.717, 1.165) is 11.0 Å². The Morgan fingerprint density at radius 2 is 1.90 bits per heavy atom. The summed E-state index contributed by atoms with van der Waals surface area (Å²) in [4.78, 5) is 24.9. The van der Waals surface area contributed by atoms with Crippen molar-refractivity contribution in [3.63, 3.8) is 0 Å². The molecule has 1 rings (SSSR count). The molecule has 6 heteroatoms. The standard InChI is InChI=1S/C15H19ClFNO3/c1-14(2,3)21-13(20)18(5)15(4,9-19)11-7-6-10(17)8-12(11)16/h6-9H,1-5H3. The summed E-state index contributed by atoms with van der Waals surface area (Å²) in [6.07, 6.45) is -0.0896. The third-order valence-electron chi connectivity index (χ3n) is 3.07. The van der Waals surface area contributed by atoms with Crippen LogP contribution in [0.3, 0.4) is 0 Å². The van der Waals surface area contributed by atoms with Crippen LogP contribution in [0.1, 0.15) is 33.3 Å². The van der Waals surface area contributed by atoms with Gasteiger partial charge in [0.15, 0.2) is 0 Å². The number of aldehydes is 1. The predicted octanol–water partition coefficient (Wildman–Crippen LogP) is 3.76. The van der Waals surface area contributed by atoms with Crippen molar-refractivity contribution in [2.45, 2.75) is 38.8 Å². The summed E-state index contributed by atoms with van der Waals surface area (Å²) in [5.41, 5.74) is -1.72. The Bertz CT molecular complexity index is 556. The van der Waals surface area contributed by atoms with Crippen molar-refractivity contribution < 1.29 is 18.7 Å². The average Bonchev–Trinajstić information content (AvgIpc) is 2.34. The number of nitrogens with zero attached hydrogens (tertiary/aromatic N) is 1. The minimum atomic E-state index is -1.35. The minimum absolute atomic E-state index is 0.0695. The van der Waals surface area contributed by atoms with Crippen LogP contribution in [-0.4, -0.2) is 29.9 Å². The lowest BCUT2D eigenvalue weighted by atomic mass is 9.92. The second-order valence-electron chi connectivity index (χ2n) is 5.93. The summed E-state index contributed by atoms with van der Waals surface area (Å²) < 4.78 is 18.4. The van der Waals surface area contributed by atoms with E-state index >= 15 is 0 Å². The van der Waals surface area contributed by atoms with Gasteiger partial charge in [0.05, 0.1) is 0 Å². The number of rotatable bonds is 3. The first-order valence-electron chi connectivity index (χ1n) is 6.40. The summed E-state index contributed by atoms with van der Waals surface area (Å²) in [7, 11) is 1.43. The zero-order valence-electron chi connectivity index (χ0n) is 12.7. The third-order valence-corrected chi connectivity index (χ3v) is 3.38. The van der Waals surface area contributed by atoms with Gasteiger partial charge < -0.3 is 9.53 Å². The number of carbonyl (C=O) groups excluding carboxylic acids is 2. The molecule has 0 heterocycles. The zero-order valence-corrected chi connectivity index (χ0v) is 13.5. The fraction of sp³-hybridized carbons (Fsp3) is 0.467. The molecule has 0 N–H and O–H groups in total. The molecule has 1 aromatic rings. The number of carbonyl (C=O) groups is 2. The fourth-order valence-electron chi connectivity index (χ4n) is 1.74. The molecule has 0 spiro atoms. The molecule has 0 saturated heterocycles. The summed E-state index contributed by atoms with van der Waals surface area (Å²) in [5.74, 6) is -0.517. The number of ether oxygens (including phenoxy) is 1. The molecule has 1 unspecified atom stereocenters. The monoisotopic (exact) mass is 315 g/mol. The molecule has 0 aliphatic heterocycles. The normalized spacial score (nSPS) is 14.2. The van der Waals surface area contributed by atoms with Crippen LogP contribution in [0.25, 0.3) is 0 Å². The second kappa shape index (κ2) is 6.02. The SMILES string of the molecule is CN(C(=O)OC(C)(C)C)C(C)(C=O)c1ccc(F)cc1Cl. The summed E-state index contributed by atoms with van der Waals surface area (Å²) in [6.45, 7) is 6.69. The quantitative estimate of drug-likeness (QED) is 0.798. The zero-order chi connectivity index (χ0) is 16.4. The van der Waals surface area contributed by atoms with Gasteiger partial charge in [0.1, 0.15) is 23.2 Å². The first kappa shape index (κ1) is 17.4. The van der Waals surface area contributed by atoms with Gasteiger partial charge in [-0.1, -0.05) is 17.7 Å². The largest absolute Gasteiger partial charge is 0.444 e. The van der Waals surface area contributed by atoms with Gasteiger partial charge in [0.2, 0.25) is 0 Å². The van der Waals surface area contributed by atoms with E-state index in [1.807, 2.05) is 0 Å². The molecule has 0 aliphatic rings. The summed E-state index contributed by atoms with van der Waals surface area (Å²) >= 11 is 6.00. The third kappa shape index (κ3) is 3.94. The Kier molecular flexibility index (Phi) is 4.99. The smallest absolute Gasteiger partial charge is 0.411 e. The van der Waals surface area contributed by atoms with Crippen molar-refractivity contribution in [2.24, 2.45) is 0 Å². The molecule has 1 amide bonds. The van der Waals surface area contributed by atoms with Gasteiger partial charge in [-0.05, 0) is 39.8 Å². The van der Waals surface area contributed by atoms with Crippen LogP contribution in [0.2, 0.25) is 5.02 Å². The van der Waals surface area contributed by atoms with E-state index in [1.165, 1.54) is 26.1 Å². The minimum Gasteiger partial charge on any atom is -0.444 e. The van der Waals surface area contributed by atoms with E-state index < -0.39 is 23.1 Å². The van der Waals surface area contributed by atoms with Crippen molar-refractivity contribution in [1.82, 2.24) is 4.90 Å². The van der Waals surface area contributed by atoms with Crippen molar-refractivity contribution in [3.05, 3.63) is 34.6 Å². The van der Waals surface area contributed by atoms with Gasteiger partial charge in [-0.2, -0.15) is 0 Å². The predicted molar refractivity (Wildman–Crippen MR) is 78.8 cm³/mol. The Morgan fingerprint density at radius 3 is 2.33 bits per heavy atom. The molecular weight excluding hydrogens is 297 g/mol. The Labute approximate surface area is 128 Å². The van der Waals surface area contributed by atoms with Crippen LogP contribution in [-0.2, 0) is 15.1 Å². The van der Waals surface area contributed by atoms with Crippen LogP contribution in [0, 0.1) is 5.82 Å². The molecule has 0 bridgehead atoms. The molecule has 1 atom stereocenters. The topological polar surface area (TPSA) is 46.6 Å². The maximum atomic E-state index is 13.1. The van der Waals surface area contributed by atoms with E-state index in [9.17, 15) is 14.0 Å². The maximum Gasteiger partial charge on any atom is 0.411 e. The van der Waals surface area contributed by atoms with Crippen LogP contribution in [0.4, 0.5) is 9.18 Å². The van der Waals surface area contributed by atoms with Gasteiger partial charge in [0, 0.05) is 17.6 Å². The number of hydrogen-bond acceptors (Lipinski definition) is 3. The summed E-state index contributed by atoms with van der Waals surface area (Å²) in [5, 5.41) is 0.0695. The van der Waals surface area contributed by atoms with E-state index in [1.54, 1.807) is 20.8 Å². The van der Waals surface area contributed by atoms with Gasteiger partial charge in [-0.3, -0.25) is 4.90 Å². The molecule has 1 aromatic carbocycles. The number of likely N-dealkylation sites (N-methyl/N-ethyl adjacent to an activating group) is 1. The average molecular weight is 316 g/mol. The molecule has 0 radical (unpaired) electrons. The maximum absolute atomic E-state index is 13.1. The van der Waals surface area contributed by atoms with Gasteiger partial charge in [-0.15, -0.1) is 0 Å². The highest BCUT2D eigenvalue weighted by Gasteiger charge is 2.38. The Morgan fingerprint density at radius 1 is 1.33 bits per heavy atom. The van der Waals surface area contributed by atoms with Gasteiger partial charge in [0.25, 0.3) is 0 Å². The number of amides is 1. The summed E-state index contributed by atoms with van der Waals surface area (Å²) in [6, 6.07) is 3.67. The molecule has 0 fully saturated rings. The van der Waals surface area contributed by atoms with Crippen LogP contribution in [0.5, 0.6) is 0 Å². The molecule has 116 valence electrons. The molecule has 0 aliphatic carbocycles. The van der Waals surface area contributed by atoms with Gasteiger partial charge >= 0.3 is 6.09 Å². The molecule has 4 nitrogen and oxygen atoms in total. The molecule has 0 saturated carbocycles. The highest BCUT2D eigenvalue weighted by molar-refractivity contribution is 6.31. The lowest BCUT2D eigenvalue weighted by Crippen LogP contribution is -2.48. The Hall–Kier alpha value is -1.62. The van der Waals surface area contributed by atoms with Gasteiger partial charge in [-0.25, -0.2) is 9.18 Å². The first-order chi connectivity index (χ1) is 9.51. The first-order valence-corrected chi connectivity index (χ1v) is 6.78. The van der Waals surface area contributed by atoms with E-state index in [4.69, 9.17) is 16.3 Å². The van der Waals surface area contributed by atoms with E-state index in [2.05, 4.69) is 0 Å². The molecular formula is C15H19ClFNO3. The van der Waals surface area contributed by atoms with E-state index in [0.29, 0.717) is 11.8 Å². The van der Waals surface area contributed by atoms with E-state index in [-0.39, 0.29) is 5.02 Å². The highest BCUT2D eigenvalue weighted by Crippen LogP contribution is 2.32. The second-order valence-corrected chi connectivity index (χ2v) is 6.34. The molecule has 0 aromatic heterocycles. The lowest BCUT2D eigenvalue weighted by Gasteiger charge is -2.36. The molecule has 21 heavy (non-hydrogen) atoms. The Balaban J connectivity index is 3.20. The van der Waals surface area contributed by atoms with Crippen molar-refractivity contribution >= 4 is 24.0 Å².